The average Bonchev–Trinajstić information content (AvgIpc) is 2.41. The number of alkyl halides is 3. The van der Waals surface area contributed by atoms with Crippen molar-refractivity contribution in [3.63, 3.8) is 0 Å². The predicted molar refractivity (Wildman–Crippen MR) is 78.1 cm³/mol. The van der Waals surface area contributed by atoms with E-state index in [1.165, 1.54) is 12.1 Å². The lowest BCUT2D eigenvalue weighted by molar-refractivity contribution is -0.137. The van der Waals surface area contributed by atoms with E-state index in [1.54, 1.807) is 6.07 Å². The van der Waals surface area contributed by atoms with Crippen LogP contribution >= 0.6 is 0 Å². The first-order valence-corrected chi connectivity index (χ1v) is 7.32. The van der Waals surface area contributed by atoms with Crippen LogP contribution in [0.2, 0.25) is 0 Å². The molecule has 0 heterocycles. The molecule has 1 rings (SSSR count). The van der Waals surface area contributed by atoms with Crippen molar-refractivity contribution >= 4 is 0 Å². The summed E-state index contributed by atoms with van der Waals surface area (Å²) < 4.78 is 44.0. The minimum atomic E-state index is -4.32. The summed E-state index contributed by atoms with van der Waals surface area (Å²) in [5.74, 6) is 0.401. The van der Waals surface area contributed by atoms with Crippen molar-refractivity contribution in [1.82, 2.24) is 5.32 Å². The highest BCUT2D eigenvalue weighted by Gasteiger charge is 2.30. The Labute approximate surface area is 124 Å². The highest BCUT2D eigenvalue weighted by atomic mass is 19.4. The Morgan fingerprint density at radius 2 is 1.90 bits per heavy atom. The molecule has 1 atom stereocenters. The van der Waals surface area contributed by atoms with E-state index in [2.05, 4.69) is 5.32 Å². The van der Waals surface area contributed by atoms with Crippen LogP contribution in [-0.2, 0) is 10.9 Å². The van der Waals surface area contributed by atoms with Gasteiger partial charge in [-0.05, 0) is 36.6 Å². The quantitative estimate of drug-likeness (QED) is 0.767. The maximum absolute atomic E-state index is 12.8. The van der Waals surface area contributed by atoms with E-state index < -0.39 is 11.7 Å². The maximum atomic E-state index is 12.8. The van der Waals surface area contributed by atoms with Crippen LogP contribution < -0.4 is 5.32 Å². The van der Waals surface area contributed by atoms with Gasteiger partial charge in [-0.25, -0.2) is 0 Å². The van der Waals surface area contributed by atoms with Gasteiger partial charge in [0, 0.05) is 6.61 Å². The number of benzene rings is 1. The summed E-state index contributed by atoms with van der Waals surface area (Å²) >= 11 is 0. The Balaban J connectivity index is 2.81. The van der Waals surface area contributed by atoms with E-state index in [1.807, 2.05) is 20.8 Å². The lowest BCUT2D eigenvalue weighted by Crippen LogP contribution is -2.27. The molecule has 1 aromatic rings. The third-order valence-corrected chi connectivity index (χ3v) is 2.99. The number of halogens is 3. The fraction of sp³-hybridized carbons (Fsp3) is 0.625. The Morgan fingerprint density at radius 3 is 2.48 bits per heavy atom. The fourth-order valence-electron chi connectivity index (χ4n) is 1.94. The summed E-state index contributed by atoms with van der Waals surface area (Å²) in [5.41, 5.74) is -0.00538. The fourth-order valence-corrected chi connectivity index (χ4v) is 1.94. The van der Waals surface area contributed by atoms with E-state index in [-0.39, 0.29) is 6.04 Å². The second-order valence-corrected chi connectivity index (χ2v) is 5.56. The lowest BCUT2D eigenvalue weighted by Gasteiger charge is -2.21. The second-order valence-electron chi connectivity index (χ2n) is 5.56. The van der Waals surface area contributed by atoms with Gasteiger partial charge in [0.15, 0.2) is 0 Å². The maximum Gasteiger partial charge on any atom is 0.416 e. The molecule has 120 valence electrons. The summed E-state index contributed by atoms with van der Waals surface area (Å²) in [6.45, 7) is 7.82. The molecule has 0 spiro atoms. The Kier molecular flexibility index (Phi) is 7.18. The molecule has 0 aliphatic rings. The zero-order chi connectivity index (χ0) is 15.9. The van der Waals surface area contributed by atoms with Crippen LogP contribution in [0.3, 0.4) is 0 Å². The van der Waals surface area contributed by atoms with Crippen LogP contribution in [-0.4, -0.2) is 19.8 Å². The van der Waals surface area contributed by atoms with Crippen molar-refractivity contribution in [3.05, 3.63) is 35.4 Å². The van der Waals surface area contributed by atoms with Gasteiger partial charge in [0.2, 0.25) is 0 Å². The smallest absolute Gasteiger partial charge is 0.379 e. The Bertz CT molecular complexity index is 418. The number of hydrogen-bond donors (Lipinski definition) is 1. The molecule has 1 unspecified atom stereocenters. The molecule has 21 heavy (non-hydrogen) atoms. The van der Waals surface area contributed by atoms with Crippen LogP contribution in [0.1, 0.15) is 44.4 Å². The zero-order valence-electron chi connectivity index (χ0n) is 12.8. The normalized spacial score (nSPS) is 13.7. The van der Waals surface area contributed by atoms with Crippen molar-refractivity contribution in [1.29, 1.82) is 0 Å². The van der Waals surface area contributed by atoms with Crippen molar-refractivity contribution < 1.29 is 17.9 Å². The average molecular weight is 303 g/mol. The minimum absolute atomic E-state index is 0.217. The van der Waals surface area contributed by atoms with Crippen molar-refractivity contribution in [2.75, 3.05) is 19.8 Å². The Hall–Kier alpha value is -1.07. The van der Waals surface area contributed by atoms with Gasteiger partial charge in [0.05, 0.1) is 18.2 Å². The number of rotatable bonds is 8. The van der Waals surface area contributed by atoms with Gasteiger partial charge in [0.25, 0.3) is 0 Å². The second kappa shape index (κ2) is 8.39. The van der Waals surface area contributed by atoms with Gasteiger partial charge < -0.3 is 10.1 Å². The molecule has 0 amide bonds. The summed E-state index contributed by atoms with van der Waals surface area (Å²) in [6.07, 6.45) is -3.40. The van der Waals surface area contributed by atoms with Gasteiger partial charge in [-0.1, -0.05) is 32.9 Å². The molecule has 1 aromatic carbocycles. The topological polar surface area (TPSA) is 21.3 Å². The largest absolute Gasteiger partial charge is 0.416 e. The van der Waals surface area contributed by atoms with E-state index in [0.29, 0.717) is 24.7 Å². The zero-order valence-corrected chi connectivity index (χ0v) is 12.8. The molecule has 0 fully saturated rings. The third kappa shape index (κ3) is 6.48. The molecular weight excluding hydrogens is 279 g/mol. The first kappa shape index (κ1) is 18.0. The van der Waals surface area contributed by atoms with Crippen molar-refractivity contribution in [2.45, 2.75) is 39.4 Å². The number of hydrogen-bond acceptors (Lipinski definition) is 2. The Morgan fingerprint density at radius 1 is 1.19 bits per heavy atom. The van der Waals surface area contributed by atoms with E-state index in [4.69, 9.17) is 4.74 Å². The summed E-state index contributed by atoms with van der Waals surface area (Å²) in [6, 6.07) is 5.23. The van der Waals surface area contributed by atoms with E-state index in [9.17, 15) is 13.2 Å². The van der Waals surface area contributed by atoms with Gasteiger partial charge in [-0.15, -0.1) is 0 Å². The monoisotopic (exact) mass is 303 g/mol. The van der Waals surface area contributed by atoms with E-state index >= 15 is 0 Å². The molecule has 1 N–H and O–H groups in total. The van der Waals surface area contributed by atoms with Gasteiger partial charge in [-0.3, -0.25) is 0 Å². The molecule has 2 nitrogen and oxygen atoms in total. The summed E-state index contributed by atoms with van der Waals surface area (Å²) in [4.78, 5) is 0. The third-order valence-electron chi connectivity index (χ3n) is 2.99. The van der Waals surface area contributed by atoms with Crippen LogP contribution in [0, 0.1) is 5.92 Å². The molecule has 0 aliphatic heterocycles. The standard InChI is InChI=1S/C16H24F3NO/c1-4-8-20-15(11-21-10-12(2)3)13-6-5-7-14(9-13)16(17,18)19/h5-7,9,12,15,20H,4,8,10-11H2,1-3H3. The van der Waals surface area contributed by atoms with Crippen LogP contribution in [0.25, 0.3) is 0 Å². The lowest BCUT2D eigenvalue weighted by atomic mass is 10.0. The van der Waals surface area contributed by atoms with Crippen molar-refractivity contribution in [3.8, 4) is 0 Å². The highest BCUT2D eigenvalue weighted by molar-refractivity contribution is 5.28. The molecule has 0 radical (unpaired) electrons. The van der Waals surface area contributed by atoms with Crippen LogP contribution in [0.15, 0.2) is 24.3 Å². The first-order valence-electron chi connectivity index (χ1n) is 7.32. The van der Waals surface area contributed by atoms with Gasteiger partial charge >= 0.3 is 6.18 Å². The van der Waals surface area contributed by atoms with Crippen LogP contribution in [0.4, 0.5) is 13.2 Å². The van der Waals surface area contributed by atoms with Gasteiger partial charge in [-0.2, -0.15) is 13.2 Å². The highest BCUT2D eigenvalue weighted by Crippen LogP contribution is 2.30. The molecule has 0 saturated heterocycles. The SMILES string of the molecule is CCCNC(COCC(C)C)c1cccc(C(F)(F)F)c1. The molecule has 0 aliphatic carbocycles. The molecule has 0 bridgehead atoms. The van der Waals surface area contributed by atoms with Gasteiger partial charge in [0.1, 0.15) is 0 Å². The predicted octanol–water partition coefficient (Wildman–Crippen LogP) is 4.42. The first-order chi connectivity index (χ1) is 9.84. The molecule has 5 heteroatoms. The molecular formula is C16H24F3NO. The number of nitrogens with one attached hydrogen (secondary N) is 1. The van der Waals surface area contributed by atoms with Crippen LogP contribution in [0.5, 0.6) is 0 Å². The van der Waals surface area contributed by atoms with Crippen molar-refractivity contribution in [2.24, 2.45) is 5.92 Å². The van der Waals surface area contributed by atoms with E-state index in [0.717, 1.165) is 19.0 Å². The number of ether oxygens (including phenoxy) is 1. The molecule has 0 saturated carbocycles. The molecule has 0 aromatic heterocycles. The summed E-state index contributed by atoms with van der Waals surface area (Å²) in [5, 5.41) is 3.25. The minimum Gasteiger partial charge on any atom is -0.379 e. The summed E-state index contributed by atoms with van der Waals surface area (Å²) in [7, 11) is 0.